The number of ether oxygens (including phenoxy) is 1. The molecule has 2 aliphatic rings. The lowest BCUT2D eigenvalue weighted by molar-refractivity contribution is -0.126. The third-order valence-electron chi connectivity index (χ3n) is 4.30. The maximum atomic E-state index is 14.1. The smallest absolute Gasteiger partial charge is 0.255 e. The highest BCUT2D eigenvalue weighted by Gasteiger charge is 2.32. The molecule has 1 N–H and O–H groups in total. The van der Waals surface area contributed by atoms with E-state index in [-0.39, 0.29) is 18.9 Å². The Morgan fingerprint density at radius 3 is 3.19 bits per heavy atom. The van der Waals surface area contributed by atoms with Crippen molar-refractivity contribution >= 4 is 5.91 Å². The number of rotatable bonds is 4. The molecule has 0 saturated carbocycles. The molecule has 21 heavy (non-hydrogen) atoms. The first-order valence-electron chi connectivity index (χ1n) is 7.27. The third-order valence-corrected chi connectivity index (χ3v) is 4.30. The van der Waals surface area contributed by atoms with Crippen LogP contribution >= 0.6 is 0 Å². The lowest BCUT2D eigenvalue weighted by Gasteiger charge is -2.16. The number of hydrogen-bond donors (Lipinski definition) is 1. The predicted octanol–water partition coefficient (Wildman–Crippen LogP) is 2.02. The van der Waals surface area contributed by atoms with Crippen LogP contribution < -0.4 is 10.1 Å². The Kier molecular flexibility index (Phi) is 3.78. The van der Waals surface area contributed by atoms with Gasteiger partial charge in [-0.25, -0.2) is 4.39 Å². The Bertz CT molecular complexity index is 609. The number of carbonyl (C=O) groups is 1. The number of nitriles is 1. The minimum atomic E-state index is -1.56. The number of aryl methyl sites for hydroxylation is 1. The monoisotopic (exact) mass is 288 g/mol. The van der Waals surface area contributed by atoms with Crippen molar-refractivity contribution in [2.24, 2.45) is 0 Å². The van der Waals surface area contributed by atoms with E-state index in [2.05, 4.69) is 11.4 Å². The molecule has 4 nitrogen and oxygen atoms in total. The van der Waals surface area contributed by atoms with Crippen LogP contribution in [0.5, 0.6) is 5.75 Å². The number of alkyl halides is 1. The average molecular weight is 288 g/mol. The molecule has 5 heteroatoms. The van der Waals surface area contributed by atoms with Crippen LogP contribution in [0.3, 0.4) is 0 Å². The Balaban J connectivity index is 1.74. The maximum Gasteiger partial charge on any atom is 0.255 e. The molecule has 2 unspecified atom stereocenters. The Hall–Kier alpha value is -2.09. The third kappa shape index (κ3) is 2.58. The van der Waals surface area contributed by atoms with Crippen molar-refractivity contribution in [2.75, 3.05) is 13.2 Å². The molecule has 1 aliphatic carbocycles. The van der Waals surface area contributed by atoms with Gasteiger partial charge in [0.15, 0.2) is 6.17 Å². The van der Waals surface area contributed by atoms with Crippen LogP contribution in [0, 0.1) is 11.3 Å². The second kappa shape index (κ2) is 5.72. The fourth-order valence-corrected chi connectivity index (χ4v) is 3.38. The summed E-state index contributed by atoms with van der Waals surface area (Å²) in [5.41, 5.74) is 3.65. The van der Waals surface area contributed by atoms with E-state index in [0.29, 0.717) is 6.61 Å². The minimum Gasteiger partial charge on any atom is -0.493 e. The van der Waals surface area contributed by atoms with E-state index in [1.807, 2.05) is 6.07 Å². The summed E-state index contributed by atoms with van der Waals surface area (Å²) in [6.45, 7) is 0.532. The normalized spacial score (nSPS) is 20.1. The molecule has 1 heterocycles. The van der Waals surface area contributed by atoms with Crippen molar-refractivity contribution < 1.29 is 13.9 Å². The first-order chi connectivity index (χ1) is 10.2. The highest BCUT2D eigenvalue weighted by atomic mass is 19.1. The number of hydrogen-bond acceptors (Lipinski definition) is 3. The van der Waals surface area contributed by atoms with Gasteiger partial charge in [-0.05, 0) is 42.4 Å². The molecule has 110 valence electrons. The van der Waals surface area contributed by atoms with Gasteiger partial charge in [-0.2, -0.15) is 5.26 Å². The van der Waals surface area contributed by atoms with Crippen LogP contribution in [0.25, 0.3) is 0 Å². The zero-order valence-corrected chi connectivity index (χ0v) is 11.7. The summed E-state index contributed by atoms with van der Waals surface area (Å²) < 4.78 is 19.6. The largest absolute Gasteiger partial charge is 0.493 e. The van der Waals surface area contributed by atoms with Crippen LogP contribution in [0.4, 0.5) is 4.39 Å². The lowest BCUT2D eigenvalue weighted by atomic mass is 9.90. The fraction of sp³-hybridized carbons (Fsp3) is 0.500. The fourth-order valence-electron chi connectivity index (χ4n) is 3.38. The van der Waals surface area contributed by atoms with E-state index in [4.69, 9.17) is 10.00 Å². The highest BCUT2D eigenvalue weighted by Crippen LogP contribution is 2.43. The van der Waals surface area contributed by atoms with Gasteiger partial charge in [0.05, 0.1) is 12.7 Å². The Morgan fingerprint density at radius 2 is 2.38 bits per heavy atom. The summed E-state index contributed by atoms with van der Waals surface area (Å²) in [6.07, 6.45) is 1.29. The zero-order chi connectivity index (χ0) is 14.8. The topological polar surface area (TPSA) is 62.1 Å². The van der Waals surface area contributed by atoms with Gasteiger partial charge >= 0.3 is 0 Å². The first-order valence-corrected chi connectivity index (χ1v) is 7.27. The molecule has 0 spiro atoms. The summed E-state index contributed by atoms with van der Waals surface area (Å²) in [6, 6.07) is 5.84. The van der Waals surface area contributed by atoms with Crippen molar-refractivity contribution in [3.05, 3.63) is 28.8 Å². The van der Waals surface area contributed by atoms with Crippen molar-refractivity contribution in [3.8, 4) is 11.8 Å². The van der Waals surface area contributed by atoms with Gasteiger partial charge < -0.3 is 10.1 Å². The summed E-state index contributed by atoms with van der Waals surface area (Å²) in [7, 11) is 0. The SMILES string of the molecule is N#CCNC(=O)C(F)CC1CCc2ccc3c(c21)CCO3. The van der Waals surface area contributed by atoms with E-state index >= 15 is 0 Å². The summed E-state index contributed by atoms with van der Waals surface area (Å²) in [5.74, 6) is 0.290. The molecule has 1 aliphatic heterocycles. The molecule has 0 fully saturated rings. The average Bonchev–Trinajstić information content (AvgIpc) is 3.10. The van der Waals surface area contributed by atoms with Crippen molar-refractivity contribution in [1.29, 1.82) is 5.26 Å². The van der Waals surface area contributed by atoms with Gasteiger partial charge in [-0.1, -0.05) is 6.07 Å². The number of benzene rings is 1. The molecule has 0 saturated heterocycles. The molecule has 0 bridgehead atoms. The molecule has 2 atom stereocenters. The second-order valence-electron chi connectivity index (χ2n) is 5.53. The summed E-state index contributed by atoms with van der Waals surface area (Å²) >= 11 is 0. The van der Waals surface area contributed by atoms with Crippen LogP contribution in [0.15, 0.2) is 12.1 Å². The maximum absolute atomic E-state index is 14.1. The van der Waals surface area contributed by atoms with Crippen molar-refractivity contribution in [3.63, 3.8) is 0 Å². The first kappa shape index (κ1) is 13.9. The molecule has 0 radical (unpaired) electrons. The van der Waals surface area contributed by atoms with E-state index in [1.165, 1.54) is 16.7 Å². The summed E-state index contributed by atoms with van der Waals surface area (Å²) in [5, 5.41) is 10.7. The van der Waals surface area contributed by atoms with Gasteiger partial charge in [-0.3, -0.25) is 4.79 Å². The predicted molar refractivity (Wildman–Crippen MR) is 74.8 cm³/mol. The number of nitrogens with one attached hydrogen (secondary N) is 1. The second-order valence-corrected chi connectivity index (χ2v) is 5.53. The van der Waals surface area contributed by atoms with Gasteiger partial charge in [0.25, 0.3) is 5.91 Å². The Labute approximate surface area is 122 Å². The summed E-state index contributed by atoms with van der Waals surface area (Å²) in [4.78, 5) is 11.6. The Morgan fingerprint density at radius 1 is 1.52 bits per heavy atom. The van der Waals surface area contributed by atoms with Crippen LogP contribution in [-0.4, -0.2) is 25.2 Å². The van der Waals surface area contributed by atoms with E-state index in [9.17, 15) is 9.18 Å². The van der Waals surface area contributed by atoms with E-state index in [0.717, 1.165) is 25.0 Å². The minimum absolute atomic E-state index is 0.0690. The number of nitrogens with zero attached hydrogens (tertiary/aromatic N) is 1. The van der Waals surface area contributed by atoms with Crippen LogP contribution in [-0.2, 0) is 17.6 Å². The van der Waals surface area contributed by atoms with Crippen molar-refractivity contribution in [1.82, 2.24) is 5.32 Å². The van der Waals surface area contributed by atoms with E-state index in [1.54, 1.807) is 6.07 Å². The molecular weight excluding hydrogens is 271 g/mol. The lowest BCUT2D eigenvalue weighted by Crippen LogP contribution is -2.33. The quantitative estimate of drug-likeness (QED) is 0.862. The number of amides is 1. The molecule has 1 aromatic rings. The number of halogens is 1. The zero-order valence-electron chi connectivity index (χ0n) is 11.7. The van der Waals surface area contributed by atoms with Crippen molar-refractivity contribution in [2.45, 2.75) is 37.8 Å². The van der Waals surface area contributed by atoms with Gasteiger partial charge in [0.1, 0.15) is 12.3 Å². The van der Waals surface area contributed by atoms with Gasteiger partial charge in [0.2, 0.25) is 0 Å². The molecule has 0 aromatic heterocycles. The standard InChI is InChI=1S/C16H17FN2O2/c17-13(16(20)19-7-6-18)9-11-2-1-10-3-4-14-12(15(10)11)5-8-21-14/h3-4,11,13H,1-2,5,7-9H2,(H,19,20). The van der Waals surface area contributed by atoms with Gasteiger partial charge in [0, 0.05) is 12.0 Å². The van der Waals surface area contributed by atoms with Crippen LogP contribution in [0.2, 0.25) is 0 Å². The van der Waals surface area contributed by atoms with Crippen LogP contribution in [0.1, 0.15) is 35.4 Å². The molecule has 3 rings (SSSR count). The molecular formula is C16H17FN2O2. The molecule has 1 aromatic carbocycles. The number of fused-ring (bicyclic) bond motifs is 3. The van der Waals surface area contributed by atoms with E-state index < -0.39 is 12.1 Å². The van der Waals surface area contributed by atoms with Gasteiger partial charge in [-0.15, -0.1) is 0 Å². The molecule has 1 amide bonds. The number of carbonyl (C=O) groups excluding carboxylic acids is 1. The highest BCUT2D eigenvalue weighted by molar-refractivity contribution is 5.80.